The van der Waals surface area contributed by atoms with E-state index in [4.69, 9.17) is 0 Å². The summed E-state index contributed by atoms with van der Waals surface area (Å²) in [7, 11) is 0. The molecule has 0 aliphatic heterocycles. The van der Waals surface area contributed by atoms with Crippen molar-refractivity contribution >= 4 is 11.4 Å². The van der Waals surface area contributed by atoms with E-state index >= 15 is 0 Å². The fourth-order valence-corrected chi connectivity index (χ4v) is 1.38. The molecule has 17 heavy (non-hydrogen) atoms. The first kappa shape index (κ1) is 11.5. The number of hydrogen-bond donors (Lipinski definition) is 1. The number of benzene rings is 2. The normalized spacial score (nSPS) is 11.2. The topological polar surface area (TPSA) is 12.0 Å². The third-order valence-corrected chi connectivity index (χ3v) is 2.22. The van der Waals surface area contributed by atoms with Crippen molar-refractivity contribution in [2.75, 3.05) is 5.32 Å². The molecule has 0 aromatic heterocycles. The molecule has 0 aliphatic rings. The number of nitrogens with one attached hydrogen (secondary N) is 1. The van der Waals surface area contributed by atoms with Gasteiger partial charge in [-0.15, -0.1) is 0 Å². The summed E-state index contributed by atoms with van der Waals surface area (Å²) in [6, 6.07) is 14.8. The lowest BCUT2D eigenvalue weighted by molar-refractivity contribution is -0.137. The van der Waals surface area contributed by atoms with Crippen LogP contribution in [0.25, 0.3) is 0 Å². The molecule has 2 aromatic carbocycles. The van der Waals surface area contributed by atoms with Gasteiger partial charge < -0.3 is 5.32 Å². The molecule has 0 saturated carbocycles. The van der Waals surface area contributed by atoms with Crippen LogP contribution in [0.2, 0.25) is 0 Å². The molecule has 1 N–H and O–H groups in total. The van der Waals surface area contributed by atoms with Gasteiger partial charge in [0, 0.05) is 11.4 Å². The number of halogens is 3. The molecular formula is C13H9F3N. The number of rotatable bonds is 2. The van der Waals surface area contributed by atoms with Crippen LogP contribution < -0.4 is 5.32 Å². The highest BCUT2D eigenvalue weighted by Gasteiger charge is 2.29. The first-order valence-corrected chi connectivity index (χ1v) is 4.96. The van der Waals surface area contributed by atoms with E-state index in [9.17, 15) is 13.2 Å². The van der Waals surface area contributed by atoms with Crippen LogP contribution in [0, 0.1) is 6.07 Å². The second-order valence-electron chi connectivity index (χ2n) is 3.49. The Morgan fingerprint density at radius 1 is 0.824 bits per heavy atom. The van der Waals surface area contributed by atoms with Crippen LogP contribution in [-0.4, -0.2) is 0 Å². The predicted molar refractivity (Wildman–Crippen MR) is 60.0 cm³/mol. The summed E-state index contributed by atoms with van der Waals surface area (Å²) >= 11 is 0. The molecule has 1 radical (unpaired) electrons. The molecule has 4 heteroatoms. The van der Waals surface area contributed by atoms with Gasteiger partial charge in [-0.2, -0.15) is 13.2 Å². The lowest BCUT2D eigenvalue weighted by Gasteiger charge is -2.09. The lowest BCUT2D eigenvalue weighted by atomic mass is 10.2. The van der Waals surface area contributed by atoms with Gasteiger partial charge in [0.2, 0.25) is 0 Å². The highest BCUT2D eigenvalue weighted by atomic mass is 19.4. The Morgan fingerprint density at radius 2 is 1.35 bits per heavy atom. The molecule has 0 unspecified atom stereocenters. The van der Waals surface area contributed by atoms with Gasteiger partial charge in [-0.25, -0.2) is 0 Å². The molecule has 0 saturated heterocycles. The Hall–Kier alpha value is -1.97. The summed E-state index contributed by atoms with van der Waals surface area (Å²) in [5.74, 6) is 0. The quantitative estimate of drug-likeness (QED) is 0.821. The fourth-order valence-electron chi connectivity index (χ4n) is 1.38. The van der Waals surface area contributed by atoms with Crippen LogP contribution in [0.15, 0.2) is 48.5 Å². The van der Waals surface area contributed by atoms with Crippen molar-refractivity contribution in [3.63, 3.8) is 0 Å². The van der Waals surface area contributed by atoms with E-state index in [1.54, 1.807) is 24.3 Å². The fraction of sp³-hybridized carbons (Fsp3) is 0.0769. The molecule has 2 aromatic rings. The van der Waals surface area contributed by atoms with Crippen molar-refractivity contribution in [2.24, 2.45) is 0 Å². The summed E-state index contributed by atoms with van der Waals surface area (Å²) in [5.41, 5.74) is 0.775. The van der Waals surface area contributed by atoms with Gasteiger partial charge in [-0.1, -0.05) is 12.1 Å². The van der Waals surface area contributed by atoms with Gasteiger partial charge in [0.05, 0.1) is 5.56 Å². The van der Waals surface area contributed by atoms with E-state index in [1.807, 2.05) is 0 Å². The molecule has 2 rings (SSSR count). The highest BCUT2D eigenvalue weighted by Crippen LogP contribution is 2.30. The molecule has 0 bridgehead atoms. The monoisotopic (exact) mass is 236 g/mol. The Balaban J connectivity index is 2.14. The van der Waals surface area contributed by atoms with E-state index in [1.165, 1.54) is 12.1 Å². The second kappa shape index (κ2) is 4.49. The molecular weight excluding hydrogens is 227 g/mol. The smallest absolute Gasteiger partial charge is 0.356 e. The standard InChI is InChI=1S/C13H9F3N/c14-13(15,16)10-6-8-12(9-7-10)17-11-4-2-1-3-5-11/h2-9,17H. The maximum atomic E-state index is 12.3. The van der Waals surface area contributed by atoms with Crippen molar-refractivity contribution in [1.82, 2.24) is 0 Å². The van der Waals surface area contributed by atoms with E-state index in [-0.39, 0.29) is 0 Å². The van der Waals surface area contributed by atoms with Crippen molar-refractivity contribution in [1.29, 1.82) is 0 Å². The molecule has 1 nitrogen and oxygen atoms in total. The minimum atomic E-state index is -4.29. The zero-order chi connectivity index (χ0) is 12.3. The third kappa shape index (κ3) is 3.00. The maximum Gasteiger partial charge on any atom is 0.416 e. The van der Waals surface area contributed by atoms with Crippen molar-refractivity contribution in [3.05, 3.63) is 60.2 Å². The summed E-state index contributed by atoms with van der Waals surface area (Å²) in [4.78, 5) is 0. The Morgan fingerprint density at radius 3 is 1.88 bits per heavy atom. The molecule has 87 valence electrons. The number of anilines is 2. The van der Waals surface area contributed by atoms with Gasteiger partial charge in [0.25, 0.3) is 0 Å². The van der Waals surface area contributed by atoms with Crippen LogP contribution in [0.1, 0.15) is 5.56 Å². The molecule has 0 fully saturated rings. The average molecular weight is 236 g/mol. The predicted octanol–water partition coefficient (Wildman–Crippen LogP) is 4.25. The third-order valence-electron chi connectivity index (χ3n) is 2.22. The number of hydrogen-bond acceptors (Lipinski definition) is 1. The van der Waals surface area contributed by atoms with Crippen molar-refractivity contribution < 1.29 is 13.2 Å². The summed E-state index contributed by atoms with van der Waals surface area (Å²) in [6.45, 7) is 0. The van der Waals surface area contributed by atoms with Crippen LogP contribution in [0.5, 0.6) is 0 Å². The Bertz CT molecular complexity index is 474. The van der Waals surface area contributed by atoms with E-state index in [0.717, 1.165) is 17.8 Å². The Kier molecular flexibility index (Phi) is 3.04. The molecule has 0 amide bonds. The lowest BCUT2D eigenvalue weighted by Crippen LogP contribution is -2.04. The highest BCUT2D eigenvalue weighted by molar-refractivity contribution is 5.59. The van der Waals surface area contributed by atoms with E-state index < -0.39 is 11.7 Å². The zero-order valence-electron chi connectivity index (χ0n) is 8.75. The molecule has 0 aliphatic carbocycles. The SMILES string of the molecule is FC(F)(F)c1ccc(Nc2cc[c]cc2)cc1. The van der Waals surface area contributed by atoms with Gasteiger partial charge in [-0.05, 0) is 42.5 Å². The summed E-state index contributed by atoms with van der Waals surface area (Å²) in [6.07, 6.45) is -4.29. The first-order chi connectivity index (χ1) is 8.05. The van der Waals surface area contributed by atoms with Gasteiger partial charge in [-0.3, -0.25) is 0 Å². The second-order valence-corrected chi connectivity index (χ2v) is 3.49. The summed E-state index contributed by atoms with van der Waals surface area (Å²) in [5, 5.41) is 3.00. The van der Waals surface area contributed by atoms with Crippen LogP contribution in [0.3, 0.4) is 0 Å². The minimum Gasteiger partial charge on any atom is -0.356 e. The van der Waals surface area contributed by atoms with Crippen molar-refractivity contribution in [2.45, 2.75) is 6.18 Å². The maximum absolute atomic E-state index is 12.3. The molecule has 0 spiro atoms. The number of alkyl halides is 3. The molecule has 0 heterocycles. The summed E-state index contributed by atoms with van der Waals surface area (Å²) < 4.78 is 37.0. The van der Waals surface area contributed by atoms with Gasteiger partial charge in [0.1, 0.15) is 0 Å². The largest absolute Gasteiger partial charge is 0.416 e. The van der Waals surface area contributed by atoms with E-state index in [0.29, 0.717) is 5.69 Å². The van der Waals surface area contributed by atoms with Crippen molar-refractivity contribution in [3.8, 4) is 0 Å². The van der Waals surface area contributed by atoms with Crippen LogP contribution >= 0.6 is 0 Å². The zero-order valence-corrected chi connectivity index (χ0v) is 8.75. The minimum absolute atomic E-state index is 0.615. The Labute approximate surface area is 96.9 Å². The van der Waals surface area contributed by atoms with Gasteiger partial charge in [0.15, 0.2) is 0 Å². The van der Waals surface area contributed by atoms with Crippen LogP contribution in [-0.2, 0) is 6.18 Å². The van der Waals surface area contributed by atoms with E-state index in [2.05, 4.69) is 11.4 Å². The van der Waals surface area contributed by atoms with Crippen LogP contribution in [0.4, 0.5) is 24.5 Å². The molecule has 0 atom stereocenters. The average Bonchev–Trinajstić information content (AvgIpc) is 2.30. The first-order valence-electron chi connectivity index (χ1n) is 4.96. The van der Waals surface area contributed by atoms with Gasteiger partial charge >= 0.3 is 6.18 Å².